The van der Waals surface area contributed by atoms with Crippen LogP contribution in [0, 0.1) is 5.92 Å². The fraction of sp³-hybridized carbons (Fsp3) is 0.455. The molecule has 0 saturated heterocycles. The molecule has 142 valence electrons. The molecule has 1 aliphatic carbocycles. The lowest BCUT2D eigenvalue weighted by Crippen LogP contribution is -2.33. The zero-order valence-corrected chi connectivity index (χ0v) is 15.9. The molecule has 0 atom stereocenters. The summed E-state index contributed by atoms with van der Waals surface area (Å²) in [4.78, 5) is 21.0. The summed E-state index contributed by atoms with van der Waals surface area (Å²) < 4.78 is 5.90. The molecular formula is C22H27N3O2. The van der Waals surface area contributed by atoms with Gasteiger partial charge in [-0.15, -0.1) is 0 Å². The summed E-state index contributed by atoms with van der Waals surface area (Å²) in [7, 11) is 0. The molecule has 1 amide bonds. The van der Waals surface area contributed by atoms with Crippen LogP contribution in [0.3, 0.4) is 0 Å². The number of carbonyl (C=O) groups is 1. The molecule has 27 heavy (non-hydrogen) atoms. The van der Waals surface area contributed by atoms with Gasteiger partial charge in [0.25, 0.3) is 0 Å². The number of pyridine rings is 1. The fourth-order valence-electron chi connectivity index (χ4n) is 3.61. The molecule has 1 fully saturated rings. The van der Waals surface area contributed by atoms with Crippen molar-refractivity contribution in [2.24, 2.45) is 5.92 Å². The monoisotopic (exact) mass is 365 g/mol. The normalized spacial score (nSPS) is 16.6. The highest BCUT2D eigenvalue weighted by molar-refractivity contribution is 5.81. The number of nitrogens with zero attached hydrogens (tertiary/aromatic N) is 3. The Morgan fingerprint density at radius 2 is 1.96 bits per heavy atom. The van der Waals surface area contributed by atoms with E-state index in [0.717, 1.165) is 43.8 Å². The van der Waals surface area contributed by atoms with Gasteiger partial charge in [0.05, 0.1) is 6.54 Å². The maximum atomic E-state index is 12.5. The van der Waals surface area contributed by atoms with E-state index in [1.807, 2.05) is 17.3 Å². The van der Waals surface area contributed by atoms with Crippen LogP contribution < -0.4 is 4.74 Å². The van der Waals surface area contributed by atoms with Crippen LogP contribution in [-0.4, -0.2) is 40.4 Å². The van der Waals surface area contributed by atoms with Gasteiger partial charge in [-0.2, -0.15) is 0 Å². The predicted molar refractivity (Wildman–Crippen MR) is 104 cm³/mol. The van der Waals surface area contributed by atoms with Crippen LogP contribution in [0.4, 0.5) is 0 Å². The number of rotatable bonds is 6. The molecule has 5 nitrogen and oxygen atoms in total. The highest BCUT2D eigenvalue weighted by atomic mass is 16.5. The number of carbonyl (C=O) groups excluding carboxylic acids is 1. The molecule has 1 aliphatic heterocycles. The van der Waals surface area contributed by atoms with Crippen molar-refractivity contribution in [1.82, 2.24) is 14.8 Å². The van der Waals surface area contributed by atoms with Gasteiger partial charge in [-0.25, -0.2) is 0 Å². The molecule has 2 aliphatic rings. The largest absolute Gasteiger partial charge is 0.491 e. The van der Waals surface area contributed by atoms with Gasteiger partial charge in [0.1, 0.15) is 12.4 Å². The number of ether oxygens (including phenoxy) is 1. The maximum Gasteiger partial charge on any atom is 0.226 e. The van der Waals surface area contributed by atoms with Gasteiger partial charge in [-0.05, 0) is 54.8 Å². The Morgan fingerprint density at radius 1 is 1.19 bits per heavy atom. The summed E-state index contributed by atoms with van der Waals surface area (Å²) in [6.45, 7) is 6.86. The van der Waals surface area contributed by atoms with Crippen molar-refractivity contribution in [3.8, 4) is 5.75 Å². The molecule has 1 saturated carbocycles. The lowest BCUT2D eigenvalue weighted by molar-refractivity contribution is -0.133. The van der Waals surface area contributed by atoms with Gasteiger partial charge >= 0.3 is 0 Å². The number of hydrogen-bond acceptors (Lipinski definition) is 4. The van der Waals surface area contributed by atoms with E-state index in [1.54, 1.807) is 0 Å². The van der Waals surface area contributed by atoms with Gasteiger partial charge < -0.3 is 9.64 Å². The molecule has 1 aromatic carbocycles. The molecule has 2 heterocycles. The Labute approximate surface area is 161 Å². The smallest absolute Gasteiger partial charge is 0.226 e. The van der Waals surface area contributed by atoms with E-state index in [-0.39, 0.29) is 5.92 Å². The summed E-state index contributed by atoms with van der Waals surface area (Å²) in [5.41, 5.74) is 3.65. The first-order valence-corrected chi connectivity index (χ1v) is 9.87. The number of aromatic nitrogens is 1. The second kappa shape index (κ2) is 8.09. The summed E-state index contributed by atoms with van der Waals surface area (Å²) in [6.07, 6.45) is 5.77. The molecule has 0 bridgehead atoms. The van der Waals surface area contributed by atoms with E-state index >= 15 is 0 Å². The second-order valence-corrected chi connectivity index (χ2v) is 7.48. The lowest BCUT2D eigenvalue weighted by Gasteiger charge is -2.22. The number of hydrogen-bond donors (Lipinski definition) is 0. The van der Waals surface area contributed by atoms with E-state index in [0.29, 0.717) is 25.6 Å². The molecule has 0 N–H and O–H groups in total. The second-order valence-electron chi connectivity index (χ2n) is 7.48. The van der Waals surface area contributed by atoms with Crippen LogP contribution in [0.15, 0.2) is 42.7 Å². The fourth-order valence-corrected chi connectivity index (χ4v) is 3.61. The zero-order valence-electron chi connectivity index (χ0n) is 15.9. The minimum absolute atomic E-state index is 0.255. The summed E-state index contributed by atoms with van der Waals surface area (Å²) in [5.74, 6) is 1.47. The van der Waals surface area contributed by atoms with Crippen molar-refractivity contribution >= 4 is 5.91 Å². The van der Waals surface area contributed by atoms with Crippen molar-refractivity contribution in [2.45, 2.75) is 39.4 Å². The van der Waals surface area contributed by atoms with E-state index in [9.17, 15) is 4.79 Å². The van der Waals surface area contributed by atoms with Crippen molar-refractivity contribution in [3.63, 3.8) is 0 Å². The van der Waals surface area contributed by atoms with Crippen LogP contribution in [0.5, 0.6) is 5.75 Å². The van der Waals surface area contributed by atoms with Gasteiger partial charge in [-0.1, -0.05) is 13.0 Å². The first-order valence-electron chi connectivity index (χ1n) is 9.87. The van der Waals surface area contributed by atoms with Crippen LogP contribution in [-0.2, 0) is 24.4 Å². The quantitative estimate of drug-likeness (QED) is 0.788. The third-order valence-corrected chi connectivity index (χ3v) is 5.35. The Bertz CT molecular complexity index is 789. The third-order valence-electron chi connectivity index (χ3n) is 5.35. The Morgan fingerprint density at radius 3 is 2.70 bits per heavy atom. The molecule has 0 spiro atoms. The van der Waals surface area contributed by atoms with Crippen molar-refractivity contribution < 1.29 is 9.53 Å². The highest BCUT2D eigenvalue weighted by Crippen LogP contribution is 2.33. The molecule has 4 rings (SSSR count). The number of fused-ring (bicyclic) bond motifs is 1. The minimum atomic E-state index is 0.255. The van der Waals surface area contributed by atoms with E-state index < -0.39 is 0 Å². The predicted octanol–water partition coefficient (Wildman–Crippen LogP) is 3.23. The van der Waals surface area contributed by atoms with Gasteiger partial charge in [0.2, 0.25) is 5.91 Å². The molecule has 1 aromatic heterocycles. The number of amides is 1. The van der Waals surface area contributed by atoms with Crippen molar-refractivity contribution in [1.29, 1.82) is 0 Å². The van der Waals surface area contributed by atoms with Crippen molar-refractivity contribution in [3.05, 3.63) is 59.4 Å². The molecule has 5 heteroatoms. The highest BCUT2D eigenvalue weighted by Gasteiger charge is 2.34. The zero-order chi connectivity index (χ0) is 18.6. The van der Waals surface area contributed by atoms with E-state index in [2.05, 4.69) is 47.1 Å². The summed E-state index contributed by atoms with van der Waals surface area (Å²) in [6, 6.07) is 10.6. The van der Waals surface area contributed by atoms with Gasteiger partial charge in [0, 0.05) is 43.5 Å². The van der Waals surface area contributed by atoms with Crippen LogP contribution >= 0.6 is 0 Å². The first-order chi connectivity index (χ1) is 13.2. The van der Waals surface area contributed by atoms with Gasteiger partial charge in [-0.3, -0.25) is 14.7 Å². The maximum absolute atomic E-state index is 12.5. The van der Waals surface area contributed by atoms with E-state index in [4.69, 9.17) is 4.74 Å². The standard InChI is InChI=1S/C22H27N3O2/c1-2-24(14-17-7-9-23-10-8-17)15-18-3-6-21-20(13-18)16-25(11-12-27-21)22(26)19-4-5-19/h3,6-10,13,19H,2,4-5,11-12,14-16H2,1H3. The third kappa shape index (κ3) is 4.48. The molecule has 2 aromatic rings. The average Bonchev–Trinajstić information content (AvgIpc) is 3.54. The topological polar surface area (TPSA) is 45.7 Å². The van der Waals surface area contributed by atoms with Gasteiger partial charge in [0.15, 0.2) is 0 Å². The van der Waals surface area contributed by atoms with Crippen molar-refractivity contribution in [2.75, 3.05) is 19.7 Å². The average molecular weight is 365 g/mol. The Balaban J connectivity index is 1.47. The Kier molecular flexibility index (Phi) is 5.39. The SMILES string of the molecule is CCN(Cc1ccncc1)Cc1ccc2c(c1)CN(C(=O)C1CC1)CCO2. The van der Waals surface area contributed by atoms with Crippen LogP contribution in [0.2, 0.25) is 0 Å². The molecular weight excluding hydrogens is 338 g/mol. The Hall–Kier alpha value is -2.40. The van der Waals surface area contributed by atoms with E-state index in [1.165, 1.54) is 11.1 Å². The molecule has 0 radical (unpaired) electrons. The lowest BCUT2D eigenvalue weighted by atomic mass is 10.1. The summed E-state index contributed by atoms with van der Waals surface area (Å²) >= 11 is 0. The summed E-state index contributed by atoms with van der Waals surface area (Å²) in [5, 5.41) is 0. The first kappa shape index (κ1) is 18.0. The minimum Gasteiger partial charge on any atom is -0.491 e. The van der Waals surface area contributed by atoms with Crippen LogP contribution in [0.25, 0.3) is 0 Å². The molecule has 0 unspecified atom stereocenters. The van der Waals surface area contributed by atoms with Crippen LogP contribution in [0.1, 0.15) is 36.5 Å². The number of benzene rings is 1.